The van der Waals surface area contributed by atoms with Gasteiger partial charge in [0.2, 0.25) is 11.9 Å². The second-order valence-electron chi connectivity index (χ2n) is 4.92. The molecule has 0 radical (unpaired) electrons. The molecule has 1 atom stereocenters. The highest BCUT2D eigenvalue weighted by atomic mass is 35.5. The number of aromatic nitrogens is 3. The second kappa shape index (κ2) is 8.57. The molecule has 8 heteroatoms. The van der Waals surface area contributed by atoms with Crippen LogP contribution in [0.15, 0.2) is 23.1 Å². The van der Waals surface area contributed by atoms with E-state index in [1.807, 2.05) is 19.1 Å². The van der Waals surface area contributed by atoms with Crippen molar-refractivity contribution in [1.29, 1.82) is 0 Å². The molecule has 0 amide bonds. The summed E-state index contributed by atoms with van der Waals surface area (Å²) in [5.74, 6) is 2.26. The Bertz CT molecular complexity index is 668. The highest BCUT2D eigenvalue weighted by Crippen LogP contribution is 2.30. The summed E-state index contributed by atoms with van der Waals surface area (Å²) in [6.45, 7) is 4.08. The minimum absolute atomic E-state index is 0.193. The maximum Gasteiger partial charge on any atom is 0.227 e. The lowest BCUT2D eigenvalue weighted by Crippen LogP contribution is -2.23. The van der Waals surface area contributed by atoms with Gasteiger partial charge in [-0.2, -0.15) is 15.0 Å². The minimum Gasteiger partial charge on any atom is -0.368 e. The third-order valence-electron chi connectivity index (χ3n) is 3.18. The molecule has 2 rings (SSSR count). The molecule has 0 fully saturated rings. The normalized spacial score (nSPS) is 12.2. The Morgan fingerprint density at radius 1 is 1.22 bits per heavy atom. The number of nitrogens with two attached hydrogens (primary N) is 1. The second-order valence-corrected chi connectivity index (χ2v) is 6.83. The fraction of sp³-hybridized carbons (Fsp3) is 0.400. The van der Waals surface area contributed by atoms with Crippen LogP contribution in [0.25, 0.3) is 0 Å². The van der Waals surface area contributed by atoms with Crippen LogP contribution in [0.3, 0.4) is 0 Å². The molecule has 1 unspecified atom stereocenters. The maximum absolute atomic E-state index is 6.20. The molecule has 5 nitrogen and oxygen atoms in total. The van der Waals surface area contributed by atoms with Crippen LogP contribution in [0, 0.1) is 0 Å². The van der Waals surface area contributed by atoms with Crippen molar-refractivity contribution in [2.24, 2.45) is 0 Å². The first kappa shape index (κ1) is 18.1. The molecule has 0 aliphatic rings. The standard InChI is InChI=1S/C15H19Cl2N5S/c1-3-10(8-23-12-6-5-9(16)7-11(12)17)19-15-21-13(4-2)20-14(18)22-15/h5-7,10H,3-4,8H2,1-2H3,(H3,18,19,20,21,22). The van der Waals surface area contributed by atoms with E-state index in [0.29, 0.717) is 28.2 Å². The molecule has 0 bridgehead atoms. The van der Waals surface area contributed by atoms with E-state index < -0.39 is 0 Å². The van der Waals surface area contributed by atoms with E-state index in [9.17, 15) is 0 Å². The van der Waals surface area contributed by atoms with Crippen molar-refractivity contribution in [3.05, 3.63) is 34.1 Å². The molecule has 23 heavy (non-hydrogen) atoms. The van der Waals surface area contributed by atoms with Gasteiger partial charge in [0, 0.05) is 28.1 Å². The molecule has 0 spiro atoms. The Hall–Kier alpha value is -1.24. The Kier molecular flexibility index (Phi) is 6.74. The van der Waals surface area contributed by atoms with Crippen molar-refractivity contribution in [1.82, 2.24) is 15.0 Å². The summed E-state index contributed by atoms with van der Waals surface area (Å²) in [5.41, 5.74) is 5.71. The van der Waals surface area contributed by atoms with Crippen molar-refractivity contribution >= 4 is 46.9 Å². The number of nitrogens with zero attached hydrogens (tertiary/aromatic N) is 3. The third-order valence-corrected chi connectivity index (χ3v) is 5.07. The van der Waals surface area contributed by atoms with E-state index in [4.69, 9.17) is 28.9 Å². The summed E-state index contributed by atoms with van der Waals surface area (Å²) < 4.78 is 0. The number of nitrogen functional groups attached to an aromatic ring is 1. The summed E-state index contributed by atoms with van der Waals surface area (Å²) in [7, 11) is 0. The van der Waals surface area contributed by atoms with Gasteiger partial charge in [-0.15, -0.1) is 11.8 Å². The van der Waals surface area contributed by atoms with Crippen LogP contribution < -0.4 is 11.1 Å². The SMILES string of the molecule is CCc1nc(N)nc(NC(CC)CSc2ccc(Cl)cc2Cl)n1. The predicted octanol–water partition coefficient (Wildman–Crippen LogP) is 4.31. The first-order valence-electron chi connectivity index (χ1n) is 7.36. The fourth-order valence-electron chi connectivity index (χ4n) is 1.89. The Labute approximate surface area is 150 Å². The van der Waals surface area contributed by atoms with E-state index in [0.717, 1.165) is 17.1 Å². The summed E-state index contributed by atoms with van der Waals surface area (Å²) in [5, 5.41) is 4.61. The van der Waals surface area contributed by atoms with Crippen molar-refractivity contribution in [3.8, 4) is 0 Å². The average molecular weight is 372 g/mol. The van der Waals surface area contributed by atoms with Gasteiger partial charge in [0.1, 0.15) is 5.82 Å². The molecule has 0 aliphatic carbocycles. The van der Waals surface area contributed by atoms with Crippen LogP contribution in [-0.2, 0) is 6.42 Å². The lowest BCUT2D eigenvalue weighted by atomic mass is 10.3. The van der Waals surface area contributed by atoms with Gasteiger partial charge in [-0.1, -0.05) is 37.0 Å². The van der Waals surface area contributed by atoms with E-state index in [2.05, 4.69) is 27.2 Å². The summed E-state index contributed by atoms with van der Waals surface area (Å²) in [4.78, 5) is 13.6. The third kappa shape index (κ3) is 5.41. The Morgan fingerprint density at radius 3 is 2.65 bits per heavy atom. The van der Waals surface area contributed by atoms with Crippen LogP contribution >= 0.6 is 35.0 Å². The van der Waals surface area contributed by atoms with Crippen LogP contribution in [0.1, 0.15) is 26.1 Å². The number of hydrogen-bond donors (Lipinski definition) is 2. The van der Waals surface area contributed by atoms with Gasteiger partial charge in [0.25, 0.3) is 0 Å². The van der Waals surface area contributed by atoms with Gasteiger partial charge in [0.05, 0.1) is 5.02 Å². The molecular weight excluding hydrogens is 353 g/mol. The molecule has 124 valence electrons. The zero-order valence-corrected chi connectivity index (χ0v) is 15.3. The Morgan fingerprint density at radius 2 is 2.00 bits per heavy atom. The van der Waals surface area contributed by atoms with E-state index in [1.165, 1.54) is 0 Å². The molecule has 3 N–H and O–H groups in total. The van der Waals surface area contributed by atoms with Gasteiger partial charge < -0.3 is 11.1 Å². The summed E-state index contributed by atoms with van der Waals surface area (Å²) >= 11 is 13.8. The predicted molar refractivity (Wildman–Crippen MR) is 98.5 cm³/mol. The van der Waals surface area contributed by atoms with Gasteiger partial charge in [0.15, 0.2) is 0 Å². The van der Waals surface area contributed by atoms with Gasteiger partial charge in [-0.25, -0.2) is 0 Å². The first-order chi connectivity index (χ1) is 11.0. The molecule has 1 heterocycles. The minimum atomic E-state index is 0.193. The summed E-state index contributed by atoms with van der Waals surface area (Å²) in [6.07, 6.45) is 1.64. The van der Waals surface area contributed by atoms with Crippen molar-refractivity contribution in [2.45, 2.75) is 37.6 Å². The smallest absolute Gasteiger partial charge is 0.227 e. The number of anilines is 2. The average Bonchev–Trinajstić information content (AvgIpc) is 2.52. The first-order valence-corrected chi connectivity index (χ1v) is 9.10. The van der Waals surface area contributed by atoms with Crippen LogP contribution in [-0.4, -0.2) is 26.7 Å². The zero-order chi connectivity index (χ0) is 16.8. The van der Waals surface area contributed by atoms with E-state index in [1.54, 1.807) is 17.8 Å². The maximum atomic E-state index is 6.20. The topological polar surface area (TPSA) is 76.7 Å². The molecule has 1 aromatic carbocycles. The lowest BCUT2D eigenvalue weighted by molar-refractivity contribution is 0.756. The van der Waals surface area contributed by atoms with Gasteiger partial charge in [-0.05, 0) is 24.6 Å². The lowest BCUT2D eigenvalue weighted by Gasteiger charge is -2.17. The molecule has 1 aromatic heterocycles. The van der Waals surface area contributed by atoms with Gasteiger partial charge in [-0.3, -0.25) is 0 Å². The number of nitrogens with one attached hydrogen (secondary N) is 1. The highest BCUT2D eigenvalue weighted by Gasteiger charge is 2.12. The number of rotatable bonds is 7. The monoisotopic (exact) mass is 371 g/mol. The van der Waals surface area contributed by atoms with E-state index in [-0.39, 0.29) is 12.0 Å². The molecule has 0 saturated carbocycles. The van der Waals surface area contributed by atoms with Crippen molar-refractivity contribution in [2.75, 3.05) is 16.8 Å². The molecular formula is C15H19Cl2N5S. The quantitative estimate of drug-likeness (QED) is 0.706. The van der Waals surface area contributed by atoms with Crippen LogP contribution in [0.5, 0.6) is 0 Å². The zero-order valence-electron chi connectivity index (χ0n) is 13.0. The van der Waals surface area contributed by atoms with E-state index >= 15 is 0 Å². The highest BCUT2D eigenvalue weighted by molar-refractivity contribution is 7.99. The summed E-state index contributed by atoms with van der Waals surface area (Å²) in [6, 6.07) is 5.71. The number of hydrogen-bond acceptors (Lipinski definition) is 6. The molecule has 0 aliphatic heterocycles. The van der Waals surface area contributed by atoms with Crippen molar-refractivity contribution < 1.29 is 0 Å². The number of benzene rings is 1. The number of thioether (sulfide) groups is 1. The van der Waals surface area contributed by atoms with Gasteiger partial charge >= 0.3 is 0 Å². The molecule has 2 aromatic rings. The largest absolute Gasteiger partial charge is 0.368 e. The fourth-order valence-corrected chi connectivity index (χ4v) is 3.52. The number of aryl methyl sites for hydroxylation is 1. The number of halogens is 2. The van der Waals surface area contributed by atoms with Crippen molar-refractivity contribution in [3.63, 3.8) is 0 Å². The van der Waals surface area contributed by atoms with Crippen LogP contribution in [0.2, 0.25) is 10.0 Å². The van der Waals surface area contributed by atoms with Crippen LogP contribution in [0.4, 0.5) is 11.9 Å². The Balaban J connectivity index is 2.01. The molecule has 0 saturated heterocycles.